The predicted octanol–water partition coefficient (Wildman–Crippen LogP) is 2.36. The molecule has 0 spiro atoms. The Kier molecular flexibility index (Phi) is 4.96. The second-order valence-corrected chi connectivity index (χ2v) is 7.26. The maximum Gasteiger partial charge on any atom is 0.412 e. The fourth-order valence-corrected chi connectivity index (χ4v) is 2.88. The number of aliphatic hydroxyl groups excluding tert-OH is 1. The van der Waals surface area contributed by atoms with Gasteiger partial charge in [0.15, 0.2) is 0 Å². The fourth-order valence-electron chi connectivity index (χ4n) is 2.88. The molecule has 6 nitrogen and oxygen atoms in total. The Labute approximate surface area is 137 Å². The van der Waals surface area contributed by atoms with Crippen molar-refractivity contribution in [2.75, 3.05) is 6.61 Å². The zero-order valence-electron chi connectivity index (χ0n) is 14.4. The van der Waals surface area contributed by atoms with Gasteiger partial charge in [-0.05, 0) is 58.7 Å². The van der Waals surface area contributed by atoms with Crippen molar-refractivity contribution in [3.8, 4) is 0 Å². The first-order valence-electron chi connectivity index (χ1n) is 7.84. The summed E-state index contributed by atoms with van der Waals surface area (Å²) in [5.41, 5.74) is -0.405. The number of rotatable bonds is 3. The van der Waals surface area contributed by atoms with Crippen LogP contribution in [0.1, 0.15) is 40.2 Å². The van der Waals surface area contributed by atoms with E-state index in [2.05, 4.69) is 4.98 Å². The van der Waals surface area contributed by atoms with Crippen molar-refractivity contribution in [2.24, 2.45) is 0 Å². The average molecular weight is 322 g/mol. The van der Waals surface area contributed by atoms with Crippen molar-refractivity contribution in [3.05, 3.63) is 30.1 Å². The first-order chi connectivity index (χ1) is 10.6. The number of ether oxygens (including phenoxy) is 2. The van der Waals surface area contributed by atoms with Crippen molar-refractivity contribution in [1.82, 2.24) is 9.88 Å². The topological polar surface area (TPSA) is 71.9 Å². The molecule has 2 unspecified atom stereocenters. The van der Waals surface area contributed by atoms with Crippen LogP contribution in [0.3, 0.4) is 0 Å². The average Bonchev–Trinajstić information content (AvgIpc) is 2.68. The van der Waals surface area contributed by atoms with Gasteiger partial charge in [-0.1, -0.05) is 0 Å². The van der Waals surface area contributed by atoms with Crippen LogP contribution in [0.2, 0.25) is 0 Å². The summed E-state index contributed by atoms with van der Waals surface area (Å²) in [5.74, 6) is 0. The highest BCUT2D eigenvalue weighted by atomic mass is 16.6. The largest absolute Gasteiger partial charge is 0.444 e. The minimum atomic E-state index is -0.840. The van der Waals surface area contributed by atoms with E-state index in [1.54, 1.807) is 17.3 Å². The SMILES string of the molecule is CC(C)(C)OC(=O)N1C(Cc2ccncc2)C(CO)OC1(C)C. The Morgan fingerprint density at radius 2 is 2.00 bits per heavy atom. The molecule has 2 heterocycles. The normalized spacial score (nSPS) is 23.8. The summed E-state index contributed by atoms with van der Waals surface area (Å²) in [4.78, 5) is 18.3. The molecule has 2 rings (SSSR count). The summed E-state index contributed by atoms with van der Waals surface area (Å²) >= 11 is 0. The molecule has 2 atom stereocenters. The van der Waals surface area contributed by atoms with Crippen molar-refractivity contribution in [1.29, 1.82) is 0 Å². The molecule has 1 fully saturated rings. The Hall–Kier alpha value is -1.66. The van der Waals surface area contributed by atoms with E-state index >= 15 is 0 Å². The lowest BCUT2D eigenvalue weighted by Gasteiger charge is -2.35. The number of aliphatic hydroxyl groups is 1. The maximum atomic E-state index is 12.7. The van der Waals surface area contributed by atoms with Crippen LogP contribution in [0.5, 0.6) is 0 Å². The third-order valence-corrected chi connectivity index (χ3v) is 3.75. The van der Waals surface area contributed by atoms with Gasteiger partial charge in [-0.3, -0.25) is 9.88 Å². The van der Waals surface area contributed by atoms with Crippen LogP contribution in [-0.2, 0) is 15.9 Å². The number of carbonyl (C=O) groups excluding carboxylic acids is 1. The van der Waals surface area contributed by atoms with E-state index in [9.17, 15) is 9.90 Å². The molecule has 1 aromatic heterocycles. The first kappa shape index (κ1) is 17.7. The quantitative estimate of drug-likeness (QED) is 0.925. The molecule has 1 aliphatic heterocycles. The number of carbonyl (C=O) groups is 1. The number of nitrogens with zero attached hydrogens (tertiary/aromatic N) is 2. The molecule has 0 aliphatic carbocycles. The number of hydrogen-bond donors (Lipinski definition) is 1. The third kappa shape index (κ3) is 4.20. The van der Waals surface area contributed by atoms with Crippen LogP contribution in [-0.4, -0.2) is 51.2 Å². The Bertz CT molecular complexity index is 539. The molecule has 1 saturated heterocycles. The fraction of sp³-hybridized carbons (Fsp3) is 0.647. The molecular formula is C17H26N2O4. The molecular weight excluding hydrogens is 296 g/mol. The zero-order chi connectivity index (χ0) is 17.3. The van der Waals surface area contributed by atoms with Crippen LogP contribution in [0.25, 0.3) is 0 Å². The highest BCUT2D eigenvalue weighted by Gasteiger charge is 2.50. The van der Waals surface area contributed by atoms with Gasteiger partial charge < -0.3 is 14.6 Å². The van der Waals surface area contributed by atoms with E-state index in [-0.39, 0.29) is 12.6 Å². The lowest BCUT2D eigenvalue weighted by molar-refractivity contribution is -0.0866. The van der Waals surface area contributed by atoms with Gasteiger partial charge >= 0.3 is 6.09 Å². The lowest BCUT2D eigenvalue weighted by Crippen LogP contribution is -2.51. The predicted molar refractivity (Wildman–Crippen MR) is 85.8 cm³/mol. The van der Waals surface area contributed by atoms with Gasteiger partial charge in [0.25, 0.3) is 0 Å². The summed E-state index contributed by atoms with van der Waals surface area (Å²) in [6.07, 6.45) is 3.10. The van der Waals surface area contributed by atoms with E-state index in [0.717, 1.165) is 5.56 Å². The molecule has 0 aromatic carbocycles. The molecule has 0 radical (unpaired) electrons. The van der Waals surface area contributed by atoms with Gasteiger partial charge in [-0.2, -0.15) is 0 Å². The van der Waals surface area contributed by atoms with Gasteiger partial charge in [-0.15, -0.1) is 0 Å². The molecule has 23 heavy (non-hydrogen) atoms. The number of hydrogen-bond acceptors (Lipinski definition) is 5. The first-order valence-corrected chi connectivity index (χ1v) is 7.84. The summed E-state index contributed by atoms with van der Waals surface area (Å²) in [6.45, 7) is 8.96. The van der Waals surface area contributed by atoms with Gasteiger partial charge in [0, 0.05) is 12.4 Å². The Morgan fingerprint density at radius 1 is 1.39 bits per heavy atom. The molecule has 6 heteroatoms. The zero-order valence-corrected chi connectivity index (χ0v) is 14.4. The Morgan fingerprint density at radius 3 is 2.52 bits per heavy atom. The van der Waals surface area contributed by atoms with E-state index in [1.165, 1.54) is 0 Å². The Balaban J connectivity index is 2.28. The standard InChI is InChI=1S/C17H26N2O4/c1-16(2,3)23-15(21)19-13(10-12-6-8-18-9-7-12)14(11-20)22-17(19,4)5/h6-9,13-14,20H,10-11H2,1-5H3. The monoisotopic (exact) mass is 322 g/mol. The van der Waals surface area contributed by atoms with Crippen LogP contribution < -0.4 is 0 Å². The molecule has 0 saturated carbocycles. The van der Waals surface area contributed by atoms with Gasteiger partial charge in [0.1, 0.15) is 17.4 Å². The molecule has 1 aliphatic rings. The molecule has 1 N–H and O–H groups in total. The molecule has 1 amide bonds. The van der Waals surface area contributed by atoms with Crippen molar-refractivity contribution in [2.45, 2.75) is 64.5 Å². The van der Waals surface area contributed by atoms with Gasteiger partial charge in [-0.25, -0.2) is 4.79 Å². The molecule has 0 bridgehead atoms. The lowest BCUT2D eigenvalue weighted by atomic mass is 10.0. The smallest absolute Gasteiger partial charge is 0.412 e. The second kappa shape index (κ2) is 6.45. The van der Waals surface area contributed by atoms with E-state index in [1.807, 2.05) is 46.8 Å². The number of pyridine rings is 1. The van der Waals surface area contributed by atoms with Crippen molar-refractivity contribution in [3.63, 3.8) is 0 Å². The van der Waals surface area contributed by atoms with Crippen LogP contribution in [0.4, 0.5) is 4.79 Å². The number of amides is 1. The van der Waals surface area contributed by atoms with E-state index in [0.29, 0.717) is 6.42 Å². The van der Waals surface area contributed by atoms with Gasteiger partial charge in [0.2, 0.25) is 0 Å². The van der Waals surface area contributed by atoms with Crippen LogP contribution >= 0.6 is 0 Å². The van der Waals surface area contributed by atoms with Crippen molar-refractivity contribution < 1.29 is 19.4 Å². The summed E-state index contributed by atoms with van der Waals surface area (Å²) in [5, 5.41) is 9.66. The molecule has 128 valence electrons. The summed E-state index contributed by atoms with van der Waals surface area (Å²) in [6, 6.07) is 3.49. The van der Waals surface area contributed by atoms with Crippen LogP contribution in [0, 0.1) is 0 Å². The second-order valence-electron chi connectivity index (χ2n) is 7.26. The minimum Gasteiger partial charge on any atom is -0.444 e. The van der Waals surface area contributed by atoms with Gasteiger partial charge in [0.05, 0.1) is 12.6 Å². The highest BCUT2D eigenvalue weighted by Crippen LogP contribution is 2.35. The number of aromatic nitrogens is 1. The van der Waals surface area contributed by atoms with Crippen LogP contribution in [0.15, 0.2) is 24.5 Å². The van der Waals surface area contributed by atoms with E-state index in [4.69, 9.17) is 9.47 Å². The van der Waals surface area contributed by atoms with E-state index < -0.39 is 23.5 Å². The maximum absolute atomic E-state index is 12.7. The third-order valence-electron chi connectivity index (χ3n) is 3.75. The highest BCUT2D eigenvalue weighted by molar-refractivity contribution is 5.70. The summed E-state index contributed by atoms with van der Waals surface area (Å²) in [7, 11) is 0. The van der Waals surface area contributed by atoms with Crippen molar-refractivity contribution >= 4 is 6.09 Å². The molecule has 1 aromatic rings. The minimum absolute atomic E-state index is 0.154. The summed E-state index contributed by atoms with van der Waals surface area (Å²) < 4.78 is 11.4.